The fourth-order valence-corrected chi connectivity index (χ4v) is 12.0. The topological polar surface area (TPSA) is 416 Å². The van der Waals surface area contributed by atoms with Gasteiger partial charge in [-0.3, -0.25) is 21.8 Å². The predicted molar refractivity (Wildman–Crippen MR) is 231 cm³/mol. The molecule has 0 saturated carbocycles. The molecule has 2 bridgehead atoms. The Hall–Kier alpha value is -0.680. The van der Waals surface area contributed by atoms with E-state index in [4.69, 9.17) is 45.7 Å². The SMILES string of the molecule is CC[C@H]1OC(COS(=O)(=O)[O-])[C@H](COC[C@@H]2OC(CO)[C@H](C)[C@@H](CO)C2C)[C@@H](C)C1OS(=O)(=O)[O-].CC[C@H]1OC2CCOC[C@@H](C1OS(=O)(=O)[O-])[C@H]2COC[C@@H]1OC(CO)[C@@H](OSOO[O-])[C@@H](CO)C1O. The summed E-state index contributed by atoms with van der Waals surface area (Å²) < 4.78 is 165. The zero-order valence-corrected chi connectivity index (χ0v) is 43.0. The Kier molecular flexibility index (Phi) is 25.8. The molecule has 0 amide bonds. The summed E-state index contributed by atoms with van der Waals surface area (Å²) in [5.74, 6) is -3.43. The van der Waals surface area contributed by atoms with Crippen molar-refractivity contribution in [1.82, 2.24) is 0 Å². The Morgan fingerprint density at radius 3 is 1.69 bits per heavy atom. The van der Waals surface area contributed by atoms with E-state index in [-0.39, 0.29) is 94.8 Å². The summed E-state index contributed by atoms with van der Waals surface area (Å²) in [5, 5.41) is 62.8. The van der Waals surface area contributed by atoms with Gasteiger partial charge in [0.05, 0.1) is 102 Å². The standard InChI is InChI=1S/C20H38O13S2.C19H34O15S2/c1-5-16-20(33-35(26,27)28)13(4)15(19(31-16)10-30-34(23,24)25)8-29-9-18-12(3)14(6-21)11(2)17(7-22)32-18;1-2-13-19(32-36(24,25)26)12-8-27-4-3-14(29-13)11(12)7-28-9-16-17(22)10(5-20)18(15(6-21)30-16)31-35-34-33-23/h11-22H,5-10H2,1-4H3,(H,23,24,25)(H,26,27,28);10-23H,2-9H2,1H3,(H,24,25,26)/p-4/t11-,12?,13-,14-,15-,16-,17?,18+,19?,20?;10-,11+,12+,13+,14?,15?,16-,17?,18-,19?/m10/s1. The lowest BCUT2D eigenvalue weighted by Crippen LogP contribution is -2.58. The summed E-state index contributed by atoms with van der Waals surface area (Å²) in [6.45, 7) is 7.29. The summed E-state index contributed by atoms with van der Waals surface area (Å²) in [5.41, 5.74) is 0. The molecular weight excluding hydrogens is 1040 g/mol. The van der Waals surface area contributed by atoms with E-state index in [1.807, 2.05) is 13.8 Å². The highest BCUT2D eigenvalue weighted by Gasteiger charge is 2.50. The molecule has 28 nitrogen and oxygen atoms in total. The zero-order valence-electron chi connectivity index (χ0n) is 39.7. The summed E-state index contributed by atoms with van der Waals surface area (Å²) in [4.78, 5) is 0. The van der Waals surface area contributed by atoms with Crippen molar-refractivity contribution in [1.29, 1.82) is 0 Å². The van der Waals surface area contributed by atoms with Gasteiger partial charge in [-0.15, -0.1) is 4.33 Å². The van der Waals surface area contributed by atoms with E-state index in [0.29, 0.717) is 19.4 Å². The normalized spacial score (nSPS) is 39.3. The first-order chi connectivity index (χ1) is 33.5. The largest absolute Gasteiger partial charge is 0.726 e. The van der Waals surface area contributed by atoms with Gasteiger partial charge in [0.2, 0.25) is 31.2 Å². The number of hydrogen-bond donors (Lipinski definition) is 5. The van der Waals surface area contributed by atoms with Crippen LogP contribution in [0.1, 0.15) is 53.9 Å². The molecule has 0 aliphatic carbocycles. The van der Waals surface area contributed by atoms with Crippen LogP contribution < -0.4 is 5.26 Å². The van der Waals surface area contributed by atoms with Crippen LogP contribution in [-0.2, 0) is 90.5 Å². The van der Waals surface area contributed by atoms with Gasteiger partial charge in [0, 0.05) is 36.9 Å². The molecule has 0 aromatic rings. The molecule has 5 rings (SSSR count). The van der Waals surface area contributed by atoms with E-state index >= 15 is 0 Å². The van der Waals surface area contributed by atoms with Crippen LogP contribution in [0.5, 0.6) is 0 Å². The number of rotatable bonds is 25. The maximum Gasteiger partial charge on any atom is 0.218 e. The van der Waals surface area contributed by atoms with Crippen molar-refractivity contribution in [2.24, 2.45) is 47.3 Å². The average molecular weight is 1110 g/mol. The van der Waals surface area contributed by atoms with Crippen LogP contribution in [0.3, 0.4) is 0 Å². The fourth-order valence-electron chi connectivity index (χ4n) is 10.2. The second-order valence-electron chi connectivity index (χ2n) is 18.1. The number of aliphatic hydroxyl groups is 5. The second kappa shape index (κ2) is 29.2. The van der Waals surface area contributed by atoms with Crippen molar-refractivity contribution < 1.29 is 129 Å². The first-order valence-corrected chi connectivity index (χ1v) is 27.8. The quantitative estimate of drug-likeness (QED) is 0.0152. The molecule has 5 aliphatic heterocycles. The molecule has 5 aliphatic rings. The number of fused-ring (bicyclic) bond motifs is 2. The third-order valence-electron chi connectivity index (χ3n) is 14.1. The maximum atomic E-state index is 11.4. The molecule has 0 radical (unpaired) electrons. The number of aliphatic hydroxyl groups excluding tert-OH is 5. The van der Waals surface area contributed by atoms with E-state index < -0.39 is 142 Å². The van der Waals surface area contributed by atoms with Crippen molar-refractivity contribution in [3.05, 3.63) is 0 Å². The van der Waals surface area contributed by atoms with Crippen molar-refractivity contribution in [3.63, 3.8) is 0 Å². The molecule has 5 heterocycles. The van der Waals surface area contributed by atoms with Crippen molar-refractivity contribution in [2.75, 3.05) is 72.7 Å². The van der Waals surface area contributed by atoms with Crippen LogP contribution in [0.25, 0.3) is 0 Å². The molecule has 0 spiro atoms. The van der Waals surface area contributed by atoms with Crippen molar-refractivity contribution >= 4 is 43.5 Å². The van der Waals surface area contributed by atoms with Gasteiger partial charge >= 0.3 is 0 Å². The first-order valence-electron chi connectivity index (χ1n) is 23.1. The van der Waals surface area contributed by atoms with Crippen LogP contribution >= 0.6 is 12.3 Å². The maximum absolute atomic E-state index is 11.4. The minimum absolute atomic E-state index is 0.0541. The number of hydrogen-bond acceptors (Lipinski definition) is 29. The highest BCUT2D eigenvalue weighted by Crippen LogP contribution is 2.41. The van der Waals surface area contributed by atoms with Crippen molar-refractivity contribution in [2.45, 2.75) is 127 Å². The van der Waals surface area contributed by atoms with E-state index in [2.05, 4.69) is 13.6 Å². The average Bonchev–Trinajstić information content (AvgIpc) is 3.45. The number of ether oxygens (including phenoxy) is 7. The smallest absolute Gasteiger partial charge is 0.218 e. The van der Waals surface area contributed by atoms with E-state index in [1.165, 1.54) is 0 Å². The minimum Gasteiger partial charge on any atom is -0.726 e. The molecule has 0 aromatic heterocycles. The Bertz CT molecular complexity index is 1880. The van der Waals surface area contributed by atoms with Gasteiger partial charge < -0.3 is 77.6 Å². The van der Waals surface area contributed by atoms with Crippen molar-refractivity contribution in [3.8, 4) is 0 Å². The lowest BCUT2D eigenvalue weighted by Gasteiger charge is -2.46. The summed E-state index contributed by atoms with van der Waals surface area (Å²) in [7, 11) is -15.1. The lowest BCUT2D eigenvalue weighted by atomic mass is 9.76. The Labute approximate surface area is 418 Å². The summed E-state index contributed by atoms with van der Waals surface area (Å²) in [6, 6.07) is 0. The molecule has 20 atom stereocenters. The van der Waals surface area contributed by atoms with Crippen LogP contribution in [0.4, 0.5) is 0 Å². The van der Waals surface area contributed by atoms with Gasteiger partial charge in [0.25, 0.3) is 0 Å². The van der Waals surface area contributed by atoms with Crippen LogP contribution in [0.15, 0.2) is 0 Å². The Balaban J connectivity index is 0.000000309. The highest BCUT2D eigenvalue weighted by atomic mass is 32.3. The molecule has 71 heavy (non-hydrogen) atoms. The first kappa shape index (κ1) is 62.9. The Morgan fingerprint density at radius 1 is 0.577 bits per heavy atom. The zero-order chi connectivity index (χ0) is 52.8. The minimum atomic E-state index is -5.06. The third-order valence-corrected chi connectivity index (χ3v) is 15.8. The van der Waals surface area contributed by atoms with Gasteiger partial charge in [-0.05, 0) is 42.9 Å². The van der Waals surface area contributed by atoms with E-state index in [9.17, 15) is 69.7 Å². The Morgan fingerprint density at radius 2 is 1.13 bits per heavy atom. The van der Waals surface area contributed by atoms with Gasteiger partial charge in [0.1, 0.15) is 30.5 Å². The van der Waals surface area contributed by atoms with Gasteiger partial charge in [-0.1, -0.05) is 34.6 Å². The van der Waals surface area contributed by atoms with E-state index in [0.717, 1.165) is 0 Å². The van der Waals surface area contributed by atoms with Gasteiger partial charge in [-0.2, -0.15) is 0 Å². The molecule has 32 heteroatoms. The molecule has 5 saturated heterocycles. The molecular formula is C39H68O28S4-4. The van der Waals surface area contributed by atoms with Crippen LogP contribution in [-0.4, -0.2) is 210 Å². The van der Waals surface area contributed by atoms with Gasteiger partial charge in [0.15, 0.2) is 12.3 Å². The second-order valence-corrected chi connectivity index (χ2v) is 21.7. The molecule has 420 valence electrons. The molecule has 5 N–H and O–H groups in total. The highest BCUT2D eigenvalue weighted by molar-refractivity contribution is 7.89. The summed E-state index contributed by atoms with van der Waals surface area (Å²) >= 11 is 0.173. The van der Waals surface area contributed by atoms with Crippen LogP contribution in [0.2, 0.25) is 0 Å². The third kappa shape index (κ3) is 18.2. The lowest BCUT2D eigenvalue weighted by molar-refractivity contribution is -0.777. The molecule has 8 unspecified atom stereocenters. The molecule has 5 fully saturated rings. The summed E-state index contributed by atoms with van der Waals surface area (Å²) in [6.07, 6.45) is -8.94. The molecule has 0 aromatic carbocycles. The predicted octanol–water partition coefficient (Wildman–Crippen LogP) is -3.03. The van der Waals surface area contributed by atoms with Gasteiger partial charge in [-0.25, -0.2) is 25.3 Å². The monoisotopic (exact) mass is 1110 g/mol. The van der Waals surface area contributed by atoms with Crippen LogP contribution in [0, 0.1) is 47.3 Å². The fraction of sp³-hybridized carbons (Fsp3) is 1.00. The van der Waals surface area contributed by atoms with E-state index in [1.54, 1.807) is 20.8 Å².